The highest BCUT2D eigenvalue weighted by Gasteiger charge is 2.16. The molecule has 1 fully saturated rings. The molecule has 7 nitrogen and oxygen atoms in total. The molecule has 1 aliphatic heterocycles. The molecule has 0 atom stereocenters. The van der Waals surface area contributed by atoms with Gasteiger partial charge in [-0.15, -0.1) is 24.0 Å². The number of rotatable bonds is 7. The van der Waals surface area contributed by atoms with Crippen molar-refractivity contribution in [1.29, 1.82) is 0 Å². The van der Waals surface area contributed by atoms with Crippen molar-refractivity contribution >= 4 is 35.8 Å². The highest BCUT2D eigenvalue weighted by Crippen LogP contribution is 2.21. The molecule has 1 saturated heterocycles. The number of guanidine groups is 1. The van der Waals surface area contributed by atoms with Crippen LogP contribution in [0.3, 0.4) is 0 Å². The summed E-state index contributed by atoms with van der Waals surface area (Å²) in [5.74, 6) is 2.74. The van der Waals surface area contributed by atoms with Gasteiger partial charge in [0, 0.05) is 51.7 Å². The molecule has 0 aromatic carbocycles. The summed E-state index contributed by atoms with van der Waals surface area (Å²) in [6.45, 7) is 11.1. The van der Waals surface area contributed by atoms with E-state index in [4.69, 9.17) is 0 Å². The molecule has 2 N–H and O–H groups in total. The third-order valence-corrected chi connectivity index (χ3v) is 5.54. The van der Waals surface area contributed by atoms with Crippen LogP contribution in [0.2, 0.25) is 0 Å². The fourth-order valence-corrected chi connectivity index (χ4v) is 3.69. The van der Waals surface area contributed by atoms with Crippen LogP contribution in [0.25, 0.3) is 0 Å². The minimum Gasteiger partial charge on any atom is -0.357 e. The molecule has 0 saturated carbocycles. The maximum Gasteiger partial charge on any atom is 0.191 e. The minimum absolute atomic E-state index is 0. The number of anilines is 1. The van der Waals surface area contributed by atoms with Crippen LogP contribution in [0, 0.1) is 19.8 Å². The normalized spacial score (nSPS) is 15.1. The molecule has 0 bridgehead atoms. The van der Waals surface area contributed by atoms with Crippen LogP contribution in [-0.2, 0) is 13.1 Å². The van der Waals surface area contributed by atoms with Gasteiger partial charge in [-0.05, 0) is 56.7 Å². The number of hydrogen-bond donors (Lipinski definition) is 2. The minimum atomic E-state index is 0. The van der Waals surface area contributed by atoms with E-state index in [2.05, 4.69) is 67.3 Å². The van der Waals surface area contributed by atoms with Crippen molar-refractivity contribution in [1.82, 2.24) is 25.4 Å². The van der Waals surface area contributed by atoms with Gasteiger partial charge in [-0.3, -0.25) is 9.67 Å². The van der Waals surface area contributed by atoms with Crippen molar-refractivity contribution in [2.24, 2.45) is 10.9 Å². The highest BCUT2D eigenvalue weighted by molar-refractivity contribution is 14.0. The van der Waals surface area contributed by atoms with Gasteiger partial charge in [0.25, 0.3) is 0 Å². The van der Waals surface area contributed by atoms with Crippen LogP contribution in [0.15, 0.2) is 29.4 Å². The molecule has 2 aromatic rings. The summed E-state index contributed by atoms with van der Waals surface area (Å²) in [4.78, 5) is 11.4. The maximum absolute atomic E-state index is 4.67. The van der Waals surface area contributed by atoms with Gasteiger partial charge in [0.1, 0.15) is 5.82 Å². The number of nitrogens with zero attached hydrogens (tertiary/aromatic N) is 5. The monoisotopic (exact) mass is 525 g/mol. The van der Waals surface area contributed by atoms with Crippen LogP contribution in [-0.4, -0.2) is 47.4 Å². The smallest absolute Gasteiger partial charge is 0.191 e. The van der Waals surface area contributed by atoms with E-state index in [1.807, 2.05) is 13.1 Å². The average molecular weight is 525 g/mol. The zero-order chi connectivity index (χ0) is 20.6. The fraction of sp³-hybridized carbons (Fsp3) is 0.591. The molecule has 3 rings (SSSR count). The van der Waals surface area contributed by atoms with Gasteiger partial charge in [-0.2, -0.15) is 5.10 Å². The summed E-state index contributed by atoms with van der Waals surface area (Å²) in [5, 5.41) is 11.2. The van der Waals surface area contributed by atoms with Gasteiger partial charge < -0.3 is 15.5 Å². The molecular weight excluding hydrogens is 489 g/mol. The molecule has 0 radical (unpaired) electrons. The number of nitrogens with one attached hydrogen (secondary N) is 2. The Hall–Kier alpha value is -1.84. The Bertz CT molecular complexity index is 792. The summed E-state index contributed by atoms with van der Waals surface area (Å²) in [6.07, 6.45) is 5.48. The van der Waals surface area contributed by atoms with Crippen LogP contribution in [0.4, 0.5) is 5.82 Å². The largest absolute Gasteiger partial charge is 0.357 e. The second kappa shape index (κ2) is 12.1. The first-order chi connectivity index (χ1) is 14.0. The van der Waals surface area contributed by atoms with E-state index in [0.717, 1.165) is 61.6 Å². The van der Waals surface area contributed by atoms with E-state index < -0.39 is 0 Å². The van der Waals surface area contributed by atoms with E-state index in [1.165, 1.54) is 18.5 Å². The van der Waals surface area contributed by atoms with Gasteiger partial charge >= 0.3 is 0 Å². The molecule has 0 unspecified atom stereocenters. The Morgan fingerprint density at radius 3 is 2.57 bits per heavy atom. The van der Waals surface area contributed by atoms with Crippen molar-refractivity contribution in [2.45, 2.75) is 53.1 Å². The van der Waals surface area contributed by atoms with Gasteiger partial charge in [-0.1, -0.05) is 13.0 Å². The standard InChI is InChI=1S/C22H35N7.HI/c1-17-8-12-28(13-9-17)21-7-6-20(15-25-21)16-26-22(23-4)24-10-5-11-29-19(3)14-18(2)27-29;/h6-7,14-15,17H,5,8-13,16H2,1-4H3,(H2,23,24,26);1H. The molecule has 3 heterocycles. The van der Waals surface area contributed by atoms with Gasteiger partial charge in [0.2, 0.25) is 0 Å². The topological polar surface area (TPSA) is 70.4 Å². The van der Waals surface area contributed by atoms with Crippen LogP contribution in [0.5, 0.6) is 0 Å². The molecule has 1 aliphatic rings. The van der Waals surface area contributed by atoms with Gasteiger partial charge in [0.05, 0.1) is 5.69 Å². The first-order valence-corrected chi connectivity index (χ1v) is 10.7. The Morgan fingerprint density at radius 1 is 1.20 bits per heavy atom. The summed E-state index contributed by atoms with van der Waals surface area (Å²) >= 11 is 0. The summed E-state index contributed by atoms with van der Waals surface area (Å²) in [7, 11) is 1.80. The van der Waals surface area contributed by atoms with Crippen molar-refractivity contribution in [3.8, 4) is 0 Å². The average Bonchev–Trinajstić information content (AvgIpc) is 3.05. The number of aliphatic imine (C=N–C) groups is 1. The lowest BCUT2D eigenvalue weighted by molar-refractivity contribution is 0.436. The van der Waals surface area contributed by atoms with Crippen LogP contribution < -0.4 is 15.5 Å². The molecule has 2 aromatic heterocycles. The van der Waals surface area contributed by atoms with E-state index in [0.29, 0.717) is 6.54 Å². The molecule has 8 heteroatoms. The SMILES string of the molecule is CN=C(NCCCn1nc(C)cc1C)NCc1ccc(N2CCC(C)CC2)nc1.I. The van der Waals surface area contributed by atoms with Gasteiger partial charge in [-0.25, -0.2) is 4.98 Å². The van der Waals surface area contributed by atoms with Crippen LogP contribution in [0.1, 0.15) is 43.1 Å². The first-order valence-electron chi connectivity index (χ1n) is 10.7. The summed E-state index contributed by atoms with van der Waals surface area (Å²) in [5.41, 5.74) is 3.44. The molecule has 0 spiro atoms. The lowest BCUT2D eigenvalue weighted by Gasteiger charge is -2.31. The molecule has 0 aliphatic carbocycles. The Labute approximate surface area is 197 Å². The van der Waals surface area contributed by atoms with Crippen molar-refractivity contribution in [2.75, 3.05) is 31.6 Å². The lowest BCUT2D eigenvalue weighted by Crippen LogP contribution is -2.37. The second-order valence-electron chi connectivity index (χ2n) is 8.05. The highest BCUT2D eigenvalue weighted by atomic mass is 127. The number of piperidine rings is 1. The summed E-state index contributed by atoms with van der Waals surface area (Å²) < 4.78 is 2.06. The summed E-state index contributed by atoms with van der Waals surface area (Å²) in [6, 6.07) is 6.40. The number of pyridine rings is 1. The van der Waals surface area contributed by atoms with E-state index >= 15 is 0 Å². The van der Waals surface area contributed by atoms with Crippen LogP contribution >= 0.6 is 24.0 Å². The first kappa shape index (κ1) is 24.4. The molecule has 166 valence electrons. The molecular formula is C22H36IN7. The predicted molar refractivity (Wildman–Crippen MR) is 135 cm³/mol. The van der Waals surface area contributed by atoms with E-state index in [-0.39, 0.29) is 24.0 Å². The van der Waals surface area contributed by atoms with Crippen molar-refractivity contribution in [3.63, 3.8) is 0 Å². The number of aryl methyl sites for hydroxylation is 3. The molecule has 0 amide bonds. The fourth-order valence-electron chi connectivity index (χ4n) is 3.69. The number of hydrogen-bond acceptors (Lipinski definition) is 4. The maximum atomic E-state index is 4.67. The van der Waals surface area contributed by atoms with E-state index in [1.54, 1.807) is 7.05 Å². The van der Waals surface area contributed by atoms with Crippen molar-refractivity contribution in [3.05, 3.63) is 41.3 Å². The zero-order valence-corrected chi connectivity index (χ0v) is 21.0. The predicted octanol–water partition coefficient (Wildman–Crippen LogP) is 3.50. The van der Waals surface area contributed by atoms with Gasteiger partial charge in [0.15, 0.2) is 5.96 Å². The third-order valence-electron chi connectivity index (χ3n) is 5.54. The lowest BCUT2D eigenvalue weighted by atomic mass is 9.99. The number of halogens is 1. The second-order valence-corrected chi connectivity index (χ2v) is 8.05. The molecule has 30 heavy (non-hydrogen) atoms. The quantitative estimate of drug-likeness (QED) is 0.251. The Kier molecular flexibility index (Phi) is 9.87. The van der Waals surface area contributed by atoms with Crippen molar-refractivity contribution < 1.29 is 0 Å². The zero-order valence-electron chi connectivity index (χ0n) is 18.7. The Balaban J connectivity index is 0.00000320. The number of aromatic nitrogens is 3. The third kappa shape index (κ3) is 7.14. The Morgan fingerprint density at radius 2 is 1.97 bits per heavy atom. The van der Waals surface area contributed by atoms with E-state index in [9.17, 15) is 0 Å².